The Morgan fingerprint density at radius 3 is 2.76 bits per heavy atom. The lowest BCUT2D eigenvalue weighted by Gasteiger charge is -2.09. The molecule has 0 saturated heterocycles. The van der Waals surface area contributed by atoms with E-state index >= 15 is 0 Å². The van der Waals surface area contributed by atoms with Crippen LogP contribution in [-0.2, 0) is 6.61 Å². The van der Waals surface area contributed by atoms with Crippen molar-refractivity contribution < 1.29 is 9.84 Å². The van der Waals surface area contributed by atoms with Gasteiger partial charge in [-0.2, -0.15) is 0 Å². The topological polar surface area (TPSA) is 29.5 Å². The molecule has 0 saturated carbocycles. The van der Waals surface area contributed by atoms with Crippen LogP contribution in [0, 0.1) is 11.8 Å². The third-order valence-corrected chi connectivity index (χ3v) is 2.30. The lowest BCUT2D eigenvalue weighted by atomic mass is 10.00. The van der Waals surface area contributed by atoms with E-state index in [0.29, 0.717) is 5.75 Å². The molecule has 0 amide bonds. The maximum atomic E-state index is 9.24. The van der Waals surface area contributed by atoms with Crippen molar-refractivity contribution >= 4 is 13.9 Å². The van der Waals surface area contributed by atoms with Crippen LogP contribution in [0.3, 0.4) is 0 Å². The van der Waals surface area contributed by atoms with Crippen LogP contribution in [0.5, 0.6) is 5.75 Å². The molecule has 86 valence electrons. The first-order chi connectivity index (χ1) is 8.26. The Morgan fingerprint density at radius 2 is 2.24 bits per heavy atom. The minimum Gasteiger partial charge on any atom is -0.496 e. The Hall–Kier alpha value is -1.66. The molecule has 1 N–H and O–H groups in total. The molecular formula is C14H15BO2. The molecule has 0 aromatic heterocycles. The first-order valence-electron chi connectivity index (χ1n) is 5.45. The molecule has 0 atom stereocenters. The Balaban J connectivity index is 3.34. The van der Waals surface area contributed by atoms with Gasteiger partial charge in [-0.3, -0.25) is 0 Å². The van der Waals surface area contributed by atoms with E-state index in [1.807, 2.05) is 19.1 Å². The zero-order valence-corrected chi connectivity index (χ0v) is 10.2. The van der Waals surface area contributed by atoms with Gasteiger partial charge < -0.3 is 9.84 Å². The second kappa shape index (κ2) is 6.83. The molecule has 2 nitrogen and oxygen atoms in total. The number of ether oxygens (including phenoxy) is 1. The summed E-state index contributed by atoms with van der Waals surface area (Å²) >= 11 is 0. The lowest BCUT2D eigenvalue weighted by Crippen LogP contribution is -1.95. The zero-order valence-electron chi connectivity index (χ0n) is 10.2. The van der Waals surface area contributed by atoms with Gasteiger partial charge in [0.2, 0.25) is 0 Å². The van der Waals surface area contributed by atoms with Crippen molar-refractivity contribution in [1.82, 2.24) is 0 Å². The molecule has 3 heteroatoms. The van der Waals surface area contributed by atoms with Crippen LogP contribution in [-0.4, -0.2) is 20.1 Å². The Bertz CT molecular complexity index is 467. The Kier molecular flexibility index (Phi) is 5.38. The van der Waals surface area contributed by atoms with E-state index in [1.165, 1.54) is 5.98 Å². The predicted molar refractivity (Wildman–Crippen MR) is 70.9 cm³/mol. The van der Waals surface area contributed by atoms with Crippen molar-refractivity contribution in [2.45, 2.75) is 20.0 Å². The van der Waals surface area contributed by atoms with E-state index in [0.717, 1.165) is 23.1 Å². The van der Waals surface area contributed by atoms with Gasteiger partial charge in [0.15, 0.2) is 0 Å². The molecule has 0 spiro atoms. The third kappa shape index (κ3) is 3.40. The van der Waals surface area contributed by atoms with Crippen molar-refractivity contribution in [1.29, 1.82) is 0 Å². The average Bonchev–Trinajstić information content (AvgIpc) is 2.37. The van der Waals surface area contributed by atoms with Crippen LogP contribution in [0.25, 0.3) is 6.08 Å². The van der Waals surface area contributed by atoms with Crippen molar-refractivity contribution in [3.63, 3.8) is 0 Å². The summed E-state index contributed by atoms with van der Waals surface area (Å²) in [6, 6.07) is 3.66. The number of hydrogen-bond donors (Lipinski definition) is 1. The maximum absolute atomic E-state index is 9.24. The summed E-state index contributed by atoms with van der Waals surface area (Å²) in [5.41, 5.74) is 2.46. The summed E-state index contributed by atoms with van der Waals surface area (Å²) in [4.78, 5) is 0. The lowest BCUT2D eigenvalue weighted by molar-refractivity contribution is 0.273. The van der Waals surface area contributed by atoms with Crippen LogP contribution in [0.15, 0.2) is 18.1 Å². The quantitative estimate of drug-likeness (QED) is 0.631. The van der Waals surface area contributed by atoms with Crippen LogP contribution in [0.2, 0.25) is 0 Å². The number of benzene rings is 1. The Labute approximate surface area is 104 Å². The van der Waals surface area contributed by atoms with Gasteiger partial charge in [0.05, 0.1) is 13.7 Å². The fourth-order valence-electron chi connectivity index (χ4n) is 1.49. The smallest absolute Gasteiger partial charge is 0.125 e. The molecule has 2 radical (unpaired) electrons. The molecule has 0 bridgehead atoms. The maximum Gasteiger partial charge on any atom is 0.125 e. The molecule has 0 heterocycles. The first-order valence-corrected chi connectivity index (χ1v) is 5.45. The minimum atomic E-state index is -0.0733. The highest BCUT2D eigenvalue weighted by molar-refractivity contribution is 6.19. The van der Waals surface area contributed by atoms with E-state index in [2.05, 4.69) is 11.8 Å². The molecule has 1 rings (SSSR count). The largest absolute Gasteiger partial charge is 0.496 e. The van der Waals surface area contributed by atoms with E-state index in [1.54, 1.807) is 13.2 Å². The standard InChI is InChI=1S/C14H15BO2/c1-3-4-5-11-9-14(17-2)13(10-16)8-12(11)6-7-15/h6-9,16H,3,10H2,1-2H3. The highest BCUT2D eigenvalue weighted by atomic mass is 16.5. The van der Waals surface area contributed by atoms with Gasteiger partial charge in [-0.25, -0.2) is 0 Å². The van der Waals surface area contributed by atoms with Gasteiger partial charge in [0, 0.05) is 17.5 Å². The zero-order chi connectivity index (χ0) is 12.7. The molecule has 0 unspecified atom stereocenters. The summed E-state index contributed by atoms with van der Waals surface area (Å²) in [7, 11) is 6.97. The number of rotatable bonds is 3. The van der Waals surface area contributed by atoms with E-state index < -0.39 is 0 Å². The van der Waals surface area contributed by atoms with Gasteiger partial charge in [0.1, 0.15) is 13.6 Å². The molecule has 0 aliphatic heterocycles. The normalized spacial score (nSPS) is 10.1. The number of hydrogen-bond acceptors (Lipinski definition) is 2. The van der Waals surface area contributed by atoms with E-state index in [-0.39, 0.29) is 6.61 Å². The minimum absolute atomic E-state index is 0.0733. The fourth-order valence-corrected chi connectivity index (χ4v) is 1.49. The second-order valence-corrected chi connectivity index (χ2v) is 3.42. The van der Waals surface area contributed by atoms with Crippen LogP contribution < -0.4 is 4.74 Å². The van der Waals surface area contributed by atoms with E-state index in [4.69, 9.17) is 12.6 Å². The molecule has 0 fully saturated rings. The summed E-state index contributed by atoms with van der Waals surface area (Å²) in [5, 5.41) is 9.24. The summed E-state index contributed by atoms with van der Waals surface area (Å²) in [5.74, 6) is 8.16. The predicted octanol–water partition coefficient (Wildman–Crippen LogP) is 2.09. The van der Waals surface area contributed by atoms with E-state index in [9.17, 15) is 5.11 Å². The number of aliphatic hydroxyl groups excluding tert-OH is 1. The SMILES string of the molecule is [B]C=Cc1cc(CO)c(OC)cc1C#CCC. The molecular weight excluding hydrogens is 211 g/mol. The highest BCUT2D eigenvalue weighted by Gasteiger charge is 2.06. The Morgan fingerprint density at radius 1 is 1.47 bits per heavy atom. The first kappa shape index (κ1) is 13.4. The summed E-state index contributed by atoms with van der Waals surface area (Å²) < 4.78 is 5.21. The van der Waals surface area contributed by atoms with Crippen LogP contribution >= 0.6 is 0 Å². The molecule has 1 aromatic carbocycles. The number of methoxy groups -OCH3 is 1. The van der Waals surface area contributed by atoms with Crippen LogP contribution in [0.4, 0.5) is 0 Å². The molecule has 0 aliphatic rings. The van der Waals surface area contributed by atoms with Crippen LogP contribution in [0.1, 0.15) is 30.0 Å². The monoisotopic (exact) mass is 226 g/mol. The van der Waals surface area contributed by atoms with Crippen molar-refractivity contribution in [2.75, 3.05) is 7.11 Å². The van der Waals surface area contributed by atoms with Gasteiger partial charge in [-0.1, -0.05) is 24.8 Å². The molecule has 1 aromatic rings. The fraction of sp³-hybridized carbons (Fsp3) is 0.286. The highest BCUT2D eigenvalue weighted by Crippen LogP contribution is 2.24. The number of aliphatic hydroxyl groups is 1. The average molecular weight is 226 g/mol. The summed E-state index contributed by atoms with van der Waals surface area (Å²) in [6.45, 7) is 1.92. The van der Waals surface area contributed by atoms with Gasteiger partial charge in [0.25, 0.3) is 0 Å². The van der Waals surface area contributed by atoms with Gasteiger partial charge >= 0.3 is 0 Å². The second-order valence-electron chi connectivity index (χ2n) is 3.42. The van der Waals surface area contributed by atoms with Crippen molar-refractivity contribution in [2.24, 2.45) is 0 Å². The van der Waals surface area contributed by atoms with Gasteiger partial charge in [-0.05, 0) is 17.7 Å². The van der Waals surface area contributed by atoms with Crippen molar-refractivity contribution in [3.05, 3.63) is 34.8 Å². The third-order valence-electron chi connectivity index (χ3n) is 2.30. The summed E-state index contributed by atoms with van der Waals surface area (Å²) in [6.07, 6.45) is 2.55. The van der Waals surface area contributed by atoms with Gasteiger partial charge in [-0.15, -0.1) is 5.98 Å². The van der Waals surface area contributed by atoms with Crippen molar-refractivity contribution in [3.8, 4) is 17.6 Å². The molecule has 0 aliphatic carbocycles. The molecule has 17 heavy (non-hydrogen) atoms.